The molecule has 0 saturated heterocycles. The summed E-state index contributed by atoms with van der Waals surface area (Å²) >= 11 is 0. The molecule has 0 spiro atoms. The van der Waals surface area contributed by atoms with Crippen LogP contribution < -0.4 is 10.2 Å². The second kappa shape index (κ2) is 6.80. The summed E-state index contributed by atoms with van der Waals surface area (Å²) in [6, 6.07) is 15.0. The van der Waals surface area contributed by atoms with Gasteiger partial charge in [0.05, 0.1) is 11.3 Å². The van der Waals surface area contributed by atoms with E-state index in [9.17, 15) is 18.0 Å². The highest BCUT2D eigenvalue weighted by atomic mass is 19.4. The van der Waals surface area contributed by atoms with Crippen LogP contribution in [0.15, 0.2) is 71.7 Å². The molecule has 0 aliphatic carbocycles. The highest BCUT2D eigenvalue weighted by Crippen LogP contribution is 2.30. The molecule has 1 heterocycles. The number of hydrogen-bond donors (Lipinski definition) is 0. The maximum absolute atomic E-state index is 12.8. The lowest BCUT2D eigenvalue weighted by molar-refractivity contribution is -0.137. The average molecular weight is 346 g/mol. The molecule has 25 heavy (non-hydrogen) atoms. The molecular weight excluding hydrogens is 333 g/mol. The van der Waals surface area contributed by atoms with Crippen molar-refractivity contribution < 1.29 is 17.9 Å². The maximum Gasteiger partial charge on any atom is 0.416 e. The molecule has 0 radical (unpaired) electrons. The molecule has 0 bridgehead atoms. The lowest BCUT2D eigenvalue weighted by atomic mass is 10.2. The molecule has 0 unspecified atom stereocenters. The molecule has 3 rings (SSSR count). The van der Waals surface area contributed by atoms with E-state index in [0.717, 1.165) is 17.7 Å². The number of ether oxygens (including phenoxy) is 1. The third kappa shape index (κ3) is 4.06. The summed E-state index contributed by atoms with van der Waals surface area (Å²) in [5.41, 5.74) is -0.214. The number of alkyl halides is 3. The zero-order valence-corrected chi connectivity index (χ0v) is 12.9. The van der Waals surface area contributed by atoms with E-state index in [4.69, 9.17) is 4.74 Å². The Bertz CT molecular complexity index is 921. The zero-order chi connectivity index (χ0) is 17.9. The van der Waals surface area contributed by atoms with E-state index in [1.165, 1.54) is 29.1 Å². The van der Waals surface area contributed by atoms with Gasteiger partial charge in [0.1, 0.15) is 6.61 Å². The smallest absolute Gasteiger partial charge is 0.416 e. The second-order valence-corrected chi connectivity index (χ2v) is 5.25. The SMILES string of the molecule is O=c1ccn(-c2cccc(C(F)(F)F)c2)nc1OCc1ccccc1. The van der Waals surface area contributed by atoms with Gasteiger partial charge in [-0.2, -0.15) is 13.2 Å². The van der Waals surface area contributed by atoms with Crippen molar-refractivity contribution in [2.75, 3.05) is 0 Å². The molecule has 128 valence electrons. The quantitative estimate of drug-likeness (QED) is 0.721. The van der Waals surface area contributed by atoms with Gasteiger partial charge in [-0.05, 0) is 23.8 Å². The largest absolute Gasteiger partial charge is 0.469 e. The molecule has 2 aromatic carbocycles. The zero-order valence-electron chi connectivity index (χ0n) is 12.9. The summed E-state index contributed by atoms with van der Waals surface area (Å²) in [5.74, 6) is -0.177. The summed E-state index contributed by atoms with van der Waals surface area (Å²) in [6.45, 7) is 0.135. The van der Waals surface area contributed by atoms with Crippen molar-refractivity contribution in [1.82, 2.24) is 9.78 Å². The summed E-state index contributed by atoms with van der Waals surface area (Å²) < 4.78 is 45.1. The van der Waals surface area contributed by atoms with Gasteiger partial charge < -0.3 is 4.74 Å². The minimum atomic E-state index is -4.46. The summed E-state index contributed by atoms with van der Waals surface area (Å²) in [4.78, 5) is 11.9. The van der Waals surface area contributed by atoms with Crippen molar-refractivity contribution in [3.63, 3.8) is 0 Å². The average Bonchev–Trinajstić information content (AvgIpc) is 2.61. The van der Waals surface area contributed by atoms with Gasteiger partial charge in [-0.15, -0.1) is 5.10 Å². The van der Waals surface area contributed by atoms with Crippen LogP contribution >= 0.6 is 0 Å². The normalized spacial score (nSPS) is 11.3. The summed E-state index contributed by atoms with van der Waals surface area (Å²) in [5, 5.41) is 4.00. The fourth-order valence-corrected chi connectivity index (χ4v) is 2.18. The third-order valence-corrected chi connectivity index (χ3v) is 3.43. The van der Waals surface area contributed by atoms with E-state index in [2.05, 4.69) is 5.10 Å². The third-order valence-electron chi connectivity index (χ3n) is 3.43. The molecule has 0 saturated carbocycles. The van der Waals surface area contributed by atoms with Crippen LogP contribution in [0.5, 0.6) is 5.88 Å². The first-order valence-electron chi connectivity index (χ1n) is 7.38. The van der Waals surface area contributed by atoms with Gasteiger partial charge >= 0.3 is 6.18 Å². The molecule has 3 aromatic rings. The number of rotatable bonds is 4. The first kappa shape index (κ1) is 16.8. The Morgan fingerprint density at radius 2 is 1.76 bits per heavy atom. The number of benzene rings is 2. The van der Waals surface area contributed by atoms with Crippen LogP contribution in [0.25, 0.3) is 5.69 Å². The Morgan fingerprint density at radius 3 is 2.48 bits per heavy atom. The summed E-state index contributed by atoms with van der Waals surface area (Å²) in [7, 11) is 0. The summed E-state index contributed by atoms with van der Waals surface area (Å²) in [6.07, 6.45) is -3.16. The van der Waals surface area contributed by atoms with Crippen molar-refractivity contribution in [3.05, 3.63) is 88.2 Å². The Balaban J connectivity index is 1.88. The molecular formula is C18H13F3N2O2. The van der Waals surface area contributed by atoms with Gasteiger partial charge in [0.2, 0.25) is 5.43 Å². The fraction of sp³-hybridized carbons (Fsp3) is 0.111. The lowest BCUT2D eigenvalue weighted by Crippen LogP contribution is -2.14. The van der Waals surface area contributed by atoms with E-state index in [1.807, 2.05) is 30.3 Å². The molecule has 0 aliphatic heterocycles. The standard InChI is InChI=1S/C18H13F3N2O2/c19-18(20,21)14-7-4-8-15(11-14)23-10-9-16(24)17(22-23)25-12-13-5-2-1-3-6-13/h1-11H,12H2. The van der Waals surface area contributed by atoms with Gasteiger partial charge in [0, 0.05) is 12.3 Å². The van der Waals surface area contributed by atoms with E-state index in [1.54, 1.807) is 0 Å². The van der Waals surface area contributed by atoms with Crippen molar-refractivity contribution in [3.8, 4) is 11.6 Å². The molecule has 0 fully saturated rings. The predicted molar refractivity (Wildman–Crippen MR) is 85.6 cm³/mol. The van der Waals surface area contributed by atoms with E-state index in [-0.39, 0.29) is 18.2 Å². The van der Waals surface area contributed by atoms with Crippen LogP contribution in [-0.4, -0.2) is 9.78 Å². The molecule has 4 nitrogen and oxygen atoms in total. The monoisotopic (exact) mass is 346 g/mol. The van der Waals surface area contributed by atoms with Gasteiger partial charge in [-0.1, -0.05) is 36.4 Å². The highest BCUT2D eigenvalue weighted by molar-refractivity contribution is 5.36. The Labute approximate surface area is 141 Å². The topological polar surface area (TPSA) is 44.1 Å². The van der Waals surface area contributed by atoms with Gasteiger partial charge in [0.25, 0.3) is 5.88 Å². The van der Waals surface area contributed by atoms with Crippen LogP contribution in [0.3, 0.4) is 0 Å². The molecule has 0 amide bonds. The number of halogens is 3. The first-order chi connectivity index (χ1) is 11.9. The van der Waals surface area contributed by atoms with Crippen molar-refractivity contribution in [2.45, 2.75) is 12.8 Å². The number of nitrogens with zero attached hydrogens (tertiary/aromatic N) is 2. The van der Waals surface area contributed by atoms with E-state index >= 15 is 0 Å². The van der Waals surface area contributed by atoms with Crippen LogP contribution in [0.4, 0.5) is 13.2 Å². The van der Waals surface area contributed by atoms with E-state index < -0.39 is 17.2 Å². The Kier molecular flexibility index (Phi) is 4.56. The van der Waals surface area contributed by atoms with Crippen molar-refractivity contribution in [2.24, 2.45) is 0 Å². The van der Waals surface area contributed by atoms with Crippen LogP contribution in [0.2, 0.25) is 0 Å². The fourth-order valence-electron chi connectivity index (χ4n) is 2.18. The molecule has 7 heteroatoms. The minimum Gasteiger partial charge on any atom is -0.469 e. The van der Waals surface area contributed by atoms with E-state index in [0.29, 0.717) is 0 Å². The van der Waals surface area contributed by atoms with Crippen molar-refractivity contribution in [1.29, 1.82) is 0 Å². The molecule has 1 aromatic heterocycles. The molecule has 0 aliphatic rings. The second-order valence-electron chi connectivity index (χ2n) is 5.25. The first-order valence-corrected chi connectivity index (χ1v) is 7.38. The molecule has 0 N–H and O–H groups in total. The molecule has 0 atom stereocenters. The predicted octanol–water partition coefficient (Wildman–Crippen LogP) is 3.83. The lowest BCUT2D eigenvalue weighted by Gasteiger charge is -2.11. The van der Waals surface area contributed by atoms with Gasteiger partial charge in [0.15, 0.2) is 0 Å². The highest BCUT2D eigenvalue weighted by Gasteiger charge is 2.30. The number of hydrogen-bond acceptors (Lipinski definition) is 3. The van der Waals surface area contributed by atoms with Gasteiger partial charge in [-0.3, -0.25) is 4.79 Å². The Morgan fingerprint density at radius 1 is 1.00 bits per heavy atom. The maximum atomic E-state index is 12.8. The van der Waals surface area contributed by atoms with Gasteiger partial charge in [-0.25, -0.2) is 4.68 Å². The Hall–Kier alpha value is -3.09. The van der Waals surface area contributed by atoms with Crippen molar-refractivity contribution >= 4 is 0 Å². The van der Waals surface area contributed by atoms with Crippen LogP contribution in [-0.2, 0) is 12.8 Å². The van der Waals surface area contributed by atoms with Crippen LogP contribution in [0.1, 0.15) is 11.1 Å². The number of aromatic nitrogens is 2. The minimum absolute atomic E-state index is 0.135. The van der Waals surface area contributed by atoms with Crippen LogP contribution in [0, 0.1) is 0 Å².